The van der Waals surface area contributed by atoms with Gasteiger partial charge in [-0.1, -0.05) is 17.7 Å². The Bertz CT molecular complexity index is 612. The fourth-order valence-electron chi connectivity index (χ4n) is 1.76. The molecule has 0 radical (unpaired) electrons. The highest BCUT2D eigenvalue weighted by Gasteiger charge is 2.07. The van der Waals surface area contributed by atoms with Gasteiger partial charge < -0.3 is 10.6 Å². The Balaban J connectivity index is 2.10. The molecule has 1 aromatic carbocycles. The Morgan fingerprint density at radius 1 is 1.45 bits per heavy atom. The van der Waals surface area contributed by atoms with E-state index in [2.05, 4.69) is 15.6 Å². The minimum Gasteiger partial charge on any atom is -0.380 e. The van der Waals surface area contributed by atoms with Crippen molar-refractivity contribution in [1.82, 2.24) is 10.3 Å². The second kappa shape index (κ2) is 6.72. The summed E-state index contributed by atoms with van der Waals surface area (Å²) >= 11 is 7.25. The number of hydrogen-bond acceptors (Lipinski definition) is 4. The average Bonchev–Trinajstić information content (AvgIpc) is 2.84. The summed E-state index contributed by atoms with van der Waals surface area (Å²) in [5, 5.41) is 6.11. The summed E-state index contributed by atoms with van der Waals surface area (Å²) in [6.07, 6.45) is 1.75. The van der Waals surface area contributed by atoms with E-state index in [4.69, 9.17) is 11.6 Å². The van der Waals surface area contributed by atoms with Crippen LogP contribution in [0.25, 0.3) is 0 Å². The number of halogens is 1. The maximum atomic E-state index is 11.8. The lowest BCUT2D eigenvalue weighted by atomic mass is 10.1. The molecule has 1 amide bonds. The third-order valence-electron chi connectivity index (χ3n) is 2.82. The van der Waals surface area contributed by atoms with Crippen LogP contribution in [-0.2, 0) is 6.54 Å². The number of carbonyl (C=O) groups is 1. The Kier molecular flexibility index (Phi) is 4.98. The molecule has 2 aromatic rings. The van der Waals surface area contributed by atoms with Gasteiger partial charge in [0.15, 0.2) is 4.47 Å². The fourth-order valence-corrected chi connectivity index (χ4v) is 2.68. The van der Waals surface area contributed by atoms with E-state index in [0.717, 1.165) is 16.1 Å². The molecule has 0 spiro atoms. The number of aryl methyl sites for hydroxylation is 1. The molecule has 0 aliphatic rings. The quantitative estimate of drug-likeness (QED) is 0.889. The van der Waals surface area contributed by atoms with Crippen molar-refractivity contribution in [2.24, 2.45) is 0 Å². The predicted octanol–water partition coefficient (Wildman–Crippen LogP) is 3.47. The summed E-state index contributed by atoms with van der Waals surface area (Å²) in [7, 11) is 0. The molecule has 4 nitrogen and oxygen atoms in total. The molecule has 0 fully saturated rings. The lowest BCUT2D eigenvalue weighted by molar-refractivity contribution is 0.0956. The lowest BCUT2D eigenvalue weighted by Gasteiger charge is -2.10. The number of amides is 1. The van der Waals surface area contributed by atoms with Gasteiger partial charge in [0.1, 0.15) is 0 Å². The zero-order chi connectivity index (χ0) is 14.5. The summed E-state index contributed by atoms with van der Waals surface area (Å²) < 4.78 is 0.537. The number of nitrogens with one attached hydrogen (secondary N) is 2. The summed E-state index contributed by atoms with van der Waals surface area (Å²) in [4.78, 5) is 16.9. The normalized spacial score (nSPS) is 10.3. The molecule has 0 unspecified atom stereocenters. The molecule has 1 heterocycles. The van der Waals surface area contributed by atoms with Gasteiger partial charge in [0, 0.05) is 28.9 Å². The highest BCUT2D eigenvalue weighted by molar-refractivity contribution is 7.15. The van der Waals surface area contributed by atoms with Crippen molar-refractivity contribution in [3.63, 3.8) is 0 Å². The van der Waals surface area contributed by atoms with Crippen molar-refractivity contribution in [2.45, 2.75) is 20.4 Å². The van der Waals surface area contributed by atoms with Crippen molar-refractivity contribution < 1.29 is 4.79 Å². The number of hydrogen-bond donors (Lipinski definition) is 2. The number of nitrogens with zero attached hydrogens (tertiary/aromatic N) is 1. The summed E-state index contributed by atoms with van der Waals surface area (Å²) in [6, 6.07) is 5.63. The minimum atomic E-state index is -0.0589. The topological polar surface area (TPSA) is 54.0 Å². The maximum absolute atomic E-state index is 11.8. The fraction of sp³-hybridized carbons (Fsp3) is 0.286. The van der Waals surface area contributed by atoms with E-state index >= 15 is 0 Å². The summed E-state index contributed by atoms with van der Waals surface area (Å²) in [6.45, 7) is 5.17. The Hall–Kier alpha value is -1.59. The number of carbonyl (C=O) groups excluding carboxylic acids is 1. The first-order valence-electron chi connectivity index (χ1n) is 6.33. The van der Waals surface area contributed by atoms with Gasteiger partial charge >= 0.3 is 0 Å². The molecule has 2 rings (SSSR count). The van der Waals surface area contributed by atoms with Crippen LogP contribution >= 0.6 is 22.9 Å². The molecule has 0 saturated heterocycles. The van der Waals surface area contributed by atoms with E-state index < -0.39 is 0 Å². The van der Waals surface area contributed by atoms with Crippen LogP contribution in [0.5, 0.6) is 0 Å². The Morgan fingerprint density at radius 2 is 2.25 bits per heavy atom. The molecule has 1 aromatic heterocycles. The first-order chi connectivity index (χ1) is 9.60. The van der Waals surface area contributed by atoms with Gasteiger partial charge in [-0.05, 0) is 31.5 Å². The number of thiazole rings is 1. The standard InChI is InChI=1S/C14H16ClN3OS/c1-3-16-13(19)10-5-4-9(2)12(6-10)17-7-11-8-18-14(15)20-11/h4-6,8,17H,3,7H2,1-2H3,(H,16,19). The van der Waals surface area contributed by atoms with Crippen LogP contribution in [0.3, 0.4) is 0 Å². The lowest BCUT2D eigenvalue weighted by Crippen LogP contribution is -2.22. The van der Waals surface area contributed by atoms with Crippen LogP contribution in [0.1, 0.15) is 27.7 Å². The van der Waals surface area contributed by atoms with E-state index in [9.17, 15) is 4.79 Å². The third kappa shape index (κ3) is 3.71. The molecule has 0 aliphatic heterocycles. The second-order valence-corrected chi connectivity index (χ2v) is 6.02. The van der Waals surface area contributed by atoms with Crippen LogP contribution in [0.2, 0.25) is 4.47 Å². The third-order valence-corrected chi connectivity index (χ3v) is 3.93. The van der Waals surface area contributed by atoms with Crippen molar-refractivity contribution in [2.75, 3.05) is 11.9 Å². The van der Waals surface area contributed by atoms with E-state index in [1.807, 2.05) is 32.0 Å². The van der Waals surface area contributed by atoms with Gasteiger partial charge in [-0.25, -0.2) is 4.98 Å². The van der Waals surface area contributed by atoms with Crippen LogP contribution in [0, 0.1) is 6.92 Å². The first-order valence-corrected chi connectivity index (χ1v) is 7.52. The molecule has 0 saturated carbocycles. The van der Waals surface area contributed by atoms with Gasteiger partial charge in [0.2, 0.25) is 0 Å². The Morgan fingerprint density at radius 3 is 2.90 bits per heavy atom. The van der Waals surface area contributed by atoms with Gasteiger partial charge in [-0.2, -0.15) is 0 Å². The molecule has 20 heavy (non-hydrogen) atoms. The number of aromatic nitrogens is 1. The van der Waals surface area contributed by atoms with E-state index in [-0.39, 0.29) is 5.91 Å². The highest BCUT2D eigenvalue weighted by atomic mass is 35.5. The highest BCUT2D eigenvalue weighted by Crippen LogP contribution is 2.21. The zero-order valence-electron chi connectivity index (χ0n) is 11.4. The molecule has 0 aliphatic carbocycles. The van der Waals surface area contributed by atoms with Gasteiger partial charge in [-0.15, -0.1) is 11.3 Å². The summed E-state index contributed by atoms with van der Waals surface area (Å²) in [5.41, 5.74) is 2.69. The number of benzene rings is 1. The smallest absolute Gasteiger partial charge is 0.251 e. The first kappa shape index (κ1) is 14.8. The molecule has 0 bridgehead atoms. The largest absolute Gasteiger partial charge is 0.380 e. The number of anilines is 1. The van der Waals surface area contributed by atoms with Crippen molar-refractivity contribution in [3.05, 3.63) is 44.9 Å². The predicted molar refractivity (Wildman–Crippen MR) is 83.6 cm³/mol. The second-order valence-electron chi connectivity index (χ2n) is 4.32. The molecule has 106 valence electrons. The van der Waals surface area contributed by atoms with E-state index in [0.29, 0.717) is 23.1 Å². The minimum absolute atomic E-state index is 0.0589. The van der Waals surface area contributed by atoms with Crippen molar-refractivity contribution in [1.29, 1.82) is 0 Å². The average molecular weight is 310 g/mol. The maximum Gasteiger partial charge on any atom is 0.251 e. The van der Waals surface area contributed by atoms with Crippen LogP contribution in [-0.4, -0.2) is 17.4 Å². The van der Waals surface area contributed by atoms with Crippen molar-refractivity contribution >= 4 is 34.5 Å². The Labute approximate surface area is 127 Å². The van der Waals surface area contributed by atoms with Crippen molar-refractivity contribution in [3.8, 4) is 0 Å². The zero-order valence-corrected chi connectivity index (χ0v) is 12.9. The molecule has 2 N–H and O–H groups in total. The van der Waals surface area contributed by atoms with E-state index in [1.165, 1.54) is 11.3 Å². The SMILES string of the molecule is CCNC(=O)c1ccc(C)c(NCc2cnc(Cl)s2)c1. The number of rotatable bonds is 5. The van der Waals surface area contributed by atoms with Gasteiger partial charge in [0.05, 0.1) is 6.54 Å². The molecule has 6 heteroatoms. The molecular formula is C14H16ClN3OS. The molecule has 0 atom stereocenters. The van der Waals surface area contributed by atoms with Gasteiger partial charge in [-0.3, -0.25) is 4.79 Å². The summed E-state index contributed by atoms with van der Waals surface area (Å²) in [5.74, 6) is -0.0589. The molecular weight excluding hydrogens is 294 g/mol. The van der Waals surface area contributed by atoms with Crippen LogP contribution in [0.4, 0.5) is 5.69 Å². The monoisotopic (exact) mass is 309 g/mol. The van der Waals surface area contributed by atoms with E-state index in [1.54, 1.807) is 6.20 Å². The van der Waals surface area contributed by atoms with Crippen LogP contribution < -0.4 is 10.6 Å². The van der Waals surface area contributed by atoms with Crippen LogP contribution in [0.15, 0.2) is 24.4 Å². The van der Waals surface area contributed by atoms with Gasteiger partial charge in [0.25, 0.3) is 5.91 Å².